The average molecular weight is 280 g/mol. The second-order valence-electron chi connectivity index (χ2n) is 5.32. The molecule has 0 unspecified atom stereocenters. The van der Waals surface area contributed by atoms with Crippen LogP contribution in [0.4, 0.5) is 0 Å². The molecule has 0 aliphatic rings. The van der Waals surface area contributed by atoms with E-state index >= 15 is 0 Å². The molecule has 4 heteroatoms. The van der Waals surface area contributed by atoms with Crippen molar-refractivity contribution in [3.63, 3.8) is 0 Å². The molecule has 1 atom stereocenters. The van der Waals surface area contributed by atoms with Crippen molar-refractivity contribution in [2.24, 2.45) is 5.92 Å². The van der Waals surface area contributed by atoms with E-state index < -0.39 is 0 Å². The maximum Gasteiger partial charge on any atom is 0.313 e. The summed E-state index contributed by atoms with van der Waals surface area (Å²) < 4.78 is 15.9. The Morgan fingerprint density at radius 1 is 1.00 bits per heavy atom. The van der Waals surface area contributed by atoms with E-state index in [2.05, 4.69) is 0 Å². The first-order chi connectivity index (χ1) is 9.40. The second kappa shape index (κ2) is 7.17. The van der Waals surface area contributed by atoms with Crippen LogP contribution in [-0.4, -0.2) is 26.3 Å². The number of ether oxygens (including phenoxy) is 3. The van der Waals surface area contributed by atoms with Crippen LogP contribution < -0.4 is 9.47 Å². The molecule has 0 spiro atoms. The number of carbonyl (C=O) groups excluding carboxylic acids is 1. The fourth-order valence-corrected chi connectivity index (χ4v) is 2.15. The molecule has 0 heterocycles. The first-order valence-corrected chi connectivity index (χ1v) is 6.83. The zero-order valence-electron chi connectivity index (χ0n) is 13.1. The quantitative estimate of drug-likeness (QED) is 0.749. The molecular formula is C16H24O4. The number of benzene rings is 1. The van der Waals surface area contributed by atoms with Crippen molar-refractivity contribution >= 4 is 5.97 Å². The van der Waals surface area contributed by atoms with Gasteiger partial charge in [0, 0.05) is 0 Å². The third-order valence-electron chi connectivity index (χ3n) is 3.04. The summed E-state index contributed by atoms with van der Waals surface area (Å²) in [4.78, 5) is 12.3. The molecule has 0 aliphatic heterocycles. The maximum atomic E-state index is 12.3. The van der Waals surface area contributed by atoms with Crippen LogP contribution in [0, 0.1) is 5.92 Å². The number of esters is 1. The van der Waals surface area contributed by atoms with Crippen molar-refractivity contribution < 1.29 is 19.0 Å². The minimum Gasteiger partial charge on any atom is -0.493 e. The van der Waals surface area contributed by atoms with Crippen LogP contribution >= 0.6 is 0 Å². The third-order valence-corrected chi connectivity index (χ3v) is 3.04. The maximum absolute atomic E-state index is 12.3. The van der Waals surface area contributed by atoms with Crippen molar-refractivity contribution in [3.8, 4) is 11.5 Å². The molecule has 0 saturated heterocycles. The second-order valence-corrected chi connectivity index (χ2v) is 5.32. The van der Waals surface area contributed by atoms with E-state index in [-0.39, 0.29) is 23.9 Å². The monoisotopic (exact) mass is 280 g/mol. The van der Waals surface area contributed by atoms with Gasteiger partial charge in [-0.2, -0.15) is 0 Å². The van der Waals surface area contributed by atoms with Gasteiger partial charge in [-0.15, -0.1) is 0 Å². The van der Waals surface area contributed by atoms with Gasteiger partial charge in [-0.25, -0.2) is 0 Å². The van der Waals surface area contributed by atoms with E-state index in [0.29, 0.717) is 11.5 Å². The molecule has 0 aliphatic carbocycles. The Kier molecular flexibility index (Phi) is 5.86. The van der Waals surface area contributed by atoms with Crippen LogP contribution in [0.25, 0.3) is 0 Å². The van der Waals surface area contributed by atoms with E-state index in [9.17, 15) is 4.79 Å². The minimum absolute atomic E-state index is 0.121. The van der Waals surface area contributed by atoms with Gasteiger partial charge in [-0.3, -0.25) is 4.79 Å². The first-order valence-electron chi connectivity index (χ1n) is 6.83. The molecule has 112 valence electrons. The predicted octanol–water partition coefficient (Wildman–Crippen LogP) is 3.40. The number of rotatable bonds is 6. The highest BCUT2D eigenvalue weighted by atomic mass is 16.5. The SMILES string of the molecule is COc1ccc([C@H](C(=O)OC(C)C)C(C)C)cc1OC. The lowest BCUT2D eigenvalue weighted by molar-refractivity contribution is -0.150. The van der Waals surface area contributed by atoms with Crippen LogP contribution in [-0.2, 0) is 9.53 Å². The van der Waals surface area contributed by atoms with Crippen LogP contribution in [0.3, 0.4) is 0 Å². The van der Waals surface area contributed by atoms with E-state index in [1.165, 1.54) is 0 Å². The molecule has 1 rings (SSSR count). The molecule has 0 fully saturated rings. The molecule has 4 nitrogen and oxygen atoms in total. The standard InChI is InChI=1S/C16H24O4/c1-10(2)15(16(17)20-11(3)4)12-7-8-13(18-5)14(9-12)19-6/h7-11,15H,1-6H3/t15-/m1/s1. The largest absolute Gasteiger partial charge is 0.493 e. The molecule has 0 saturated carbocycles. The van der Waals surface area contributed by atoms with Gasteiger partial charge in [-0.05, 0) is 37.5 Å². The molecule has 20 heavy (non-hydrogen) atoms. The zero-order chi connectivity index (χ0) is 15.3. The van der Waals surface area contributed by atoms with Crippen molar-refractivity contribution in [2.45, 2.75) is 39.7 Å². The van der Waals surface area contributed by atoms with Crippen molar-refractivity contribution in [1.82, 2.24) is 0 Å². The molecule has 1 aromatic rings. The summed E-state index contributed by atoms with van der Waals surface area (Å²) in [6.07, 6.45) is -0.121. The fraction of sp³-hybridized carbons (Fsp3) is 0.562. The Balaban J connectivity index is 3.12. The predicted molar refractivity (Wildman–Crippen MR) is 78.4 cm³/mol. The lowest BCUT2D eigenvalue weighted by Crippen LogP contribution is -2.23. The summed E-state index contributed by atoms with van der Waals surface area (Å²) >= 11 is 0. The van der Waals surface area contributed by atoms with Gasteiger partial charge in [0.1, 0.15) is 0 Å². The average Bonchev–Trinajstić information content (AvgIpc) is 2.37. The summed E-state index contributed by atoms with van der Waals surface area (Å²) in [5, 5.41) is 0. The topological polar surface area (TPSA) is 44.8 Å². The summed E-state index contributed by atoms with van der Waals surface area (Å²) in [5.41, 5.74) is 0.878. The van der Waals surface area contributed by atoms with E-state index in [0.717, 1.165) is 5.56 Å². The number of carbonyl (C=O) groups is 1. The van der Waals surface area contributed by atoms with Gasteiger partial charge < -0.3 is 14.2 Å². The van der Waals surface area contributed by atoms with Crippen LogP contribution in [0.2, 0.25) is 0 Å². The fourth-order valence-electron chi connectivity index (χ4n) is 2.15. The Bertz CT molecular complexity index is 452. The van der Waals surface area contributed by atoms with Gasteiger partial charge in [0.2, 0.25) is 0 Å². The Morgan fingerprint density at radius 3 is 2.05 bits per heavy atom. The van der Waals surface area contributed by atoms with Gasteiger partial charge in [0.15, 0.2) is 11.5 Å². The van der Waals surface area contributed by atoms with Crippen molar-refractivity contribution in [1.29, 1.82) is 0 Å². The van der Waals surface area contributed by atoms with Crippen molar-refractivity contribution in [2.75, 3.05) is 14.2 Å². The zero-order valence-corrected chi connectivity index (χ0v) is 13.1. The summed E-state index contributed by atoms with van der Waals surface area (Å²) in [7, 11) is 3.17. The van der Waals surface area contributed by atoms with Crippen molar-refractivity contribution in [3.05, 3.63) is 23.8 Å². The number of hydrogen-bond donors (Lipinski definition) is 0. The van der Waals surface area contributed by atoms with E-state index in [1.807, 2.05) is 45.9 Å². The summed E-state index contributed by atoms with van der Waals surface area (Å²) in [5.74, 6) is 0.891. The van der Waals surface area contributed by atoms with Gasteiger partial charge in [0.25, 0.3) is 0 Å². The Hall–Kier alpha value is -1.71. The van der Waals surface area contributed by atoms with Gasteiger partial charge >= 0.3 is 5.97 Å². The Morgan fingerprint density at radius 2 is 1.60 bits per heavy atom. The molecular weight excluding hydrogens is 256 g/mol. The highest BCUT2D eigenvalue weighted by Gasteiger charge is 2.27. The lowest BCUT2D eigenvalue weighted by atomic mass is 9.88. The first kappa shape index (κ1) is 16.3. The molecule has 0 aromatic heterocycles. The molecule has 0 N–H and O–H groups in total. The van der Waals surface area contributed by atoms with Gasteiger partial charge in [0.05, 0.1) is 26.2 Å². The number of hydrogen-bond acceptors (Lipinski definition) is 4. The molecule has 0 radical (unpaired) electrons. The molecule has 0 bridgehead atoms. The summed E-state index contributed by atoms with van der Waals surface area (Å²) in [6.45, 7) is 7.71. The van der Waals surface area contributed by atoms with Crippen LogP contribution in [0.15, 0.2) is 18.2 Å². The van der Waals surface area contributed by atoms with E-state index in [1.54, 1.807) is 14.2 Å². The third kappa shape index (κ3) is 3.89. The van der Waals surface area contributed by atoms with Crippen LogP contribution in [0.5, 0.6) is 11.5 Å². The lowest BCUT2D eigenvalue weighted by Gasteiger charge is -2.22. The minimum atomic E-state index is -0.308. The van der Waals surface area contributed by atoms with Gasteiger partial charge in [-0.1, -0.05) is 19.9 Å². The number of methoxy groups -OCH3 is 2. The highest BCUT2D eigenvalue weighted by molar-refractivity contribution is 5.79. The normalized spacial score (nSPS) is 12.4. The Labute approximate surface area is 121 Å². The highest BCUT2D eigenvalue weighted by Crippen LogP contribution is 2.34. The van der Waals surface area contributed by atoms with E-state index in [4.69, 9.17) is 14.2 Å². The summed E-state index contributed by atoms with van der Waals surface area (Å²) in [6, 6.07) is 5.53. The molecule has 0 amide bonds. The smallest absolute Gasteiger partial charge is 0.313 e. The van der Waals surface area contributed by atoms with Crippen LogP contribution in [0.1, 0.15) is 39.2 Å². The molecule has 1 aromatic carbocycles.